The second kappa shape index (κ2) is 7.78. The highest BCUT2D eigenvalue weighted by Crippen LogP contribution is 2.26. The highest BCUT2D eigenvalue weighted by Gasteiger charge is 2.37. The number of nitrogens with zero attached hydrogens (tertiary/aromatic N) is 1. The highest BCUT2D eigenvalue weighted by molar-refractivity contribution is 7.89. The quantitative estimate of drug-likeness (QED) is 0.850. The van der Waals surface area contributed by atoms with Crippen LogP contribution in [-0.4, -0.2) is 30.4 Å². The molecule has 1 N–H and O–H groups in total. The largest absolute Gasteiger partial charge is 0.351 e. The summed E-state index contributed by atoms with van der Waals surface area (Å²) in [4.78, 5) is 12.8. The molecule has 0 bridgehead atoms. The van der Waals surface area contributed by atoms with E-state index in [2.05, 4.69) is 5.32 Å². The van der Waals surface area contributed by atoms with Crippen molar-refractivity contribution in [1.82, 2.24) is 9.62 Å². The van der Waals surface area contributed by atoms with E-state index >= 15 is 0 Å². The fraction of sp³-hybridized carbons (Fsp3) is 0.316. The molecule has 1 aliphatic heterocycles. The van der Waals surface area contributed by atoms with Crippen LogP contribution >= 0.6 is 11.6 Å². The summed E-state index contributed by atoms with van der Waals surface area (Å²) in [6.07, 6.45) is 0.372. The third-order valence-electron chi connectivity index (χ3n) is 4.59. The molecule has 0 radical (unpaired) electrons. The smallest absolute Gasteiger partial charge is 0.239 e. The standard InChI is InChI=1S/C19H21ClN2O3S/c1-2-26(24,25)22-13-16-8-4-3-7-15(16)11-18(22)19(23)21-12-14-6-5-9-17(20)10-14/h3-10,18H,2,11-13H2,1H3,(H,21,23)/t18-/m1/s1. The Hall–Kier alpha value is -1.89. The third kappa shape index (κ3) is 4.09. The van der Waals surface area contributed by atoms with Gasteiger partial charge in [0.25, 0.3) is 0 Å². The first-order chi connectivity index (χ1) is 12.4. The van der Waals surface area contributed by atoms with Gasteiger partial charge < -0.3 is 5.32 Å². The van der Waals surface area contributed by atoms with E-state index in [1.54, 1.807) is 19.1 Å². The first-order valence-corrected chi connectivity index (χ1v) is 10.5. The molecule has 0 unspecified atom stereocenters. The van der Waals surface area contributed by atoms with Crippen molar-refractivity contribution in [2.45, 2.75) is 32.5 Å². The lowest BCUT2D eigenvalue weighted by Crippen LogP contribution is -2.52. The van der Waals surface area contributed by atoms with E-state index in [1.165, 1.54) is 4.31 Å². The Balaban J connectivity index is 1.81. The molecule has 1 heterocycles. The van der Waals surface area contributed by atoms with Gasteiger partial charge in [0, 0.05) is 18.1 Å². The normalized spacial score (nSPS) is 17.5. The van der Waals surface area contributed by atoms with E-state index in [0.717, 1.165) is 16.7 Å². The summed E-state index contributed by atoms with van der Waals surface area (Å²) in [6, 6.07) is 14.1. The highest BCUT2D eigenvalue weighted by atomic mass is 35.5. The Kier molecular flexibility index (Phi) is 5.65. The van der Waals surface area contributed by atoms with E-state index in [-0.39, 0.29) is 18.2 Å². The average molecular weight is 393 g/mol. The second-order valence-electron chi connectivity index (χ2n) is 6.28. The van der Waals surface area contributed by atoms with Crippen molar-refractivity contribution in [3.63, 3.8) is 0 Å². The van der Waals surface area contributed by atoms with Crippen LogP contribution in [0.2, 0.25) is 5.02 Å². The maximum absolute atomic E-state index is 12.8. The molecule has 1 atom stereocenters. The Labute approximate surface area is 159 Å². The summed E-state index contributed by atoms with van der Waals surface area (Å²) in [6.45, 7) is 2.12. The van der Waals surface area contributed by atoms with Gasteiger partial charge in [0.1, 0.15) is 6.04 Å². The monoisotopic (exact) mass is 392 g/mol. The van der Waals surface area contributed by atoms with E-state index in [9.17, 15) is 13.2 Å². The topological polar surface area (TPSA) is 66.5 Å². The molecule has 138 valence electrons. The number of carbonyl (C=O) groups excluding carboxylic acids is 1. The Morgan fingerprint density at radius 1 is 1.19 bits per heavy atom. The number of fused-ring (bicyclic) bond motifs is 1. The number of halogens is 1. The van der Waals surface area contributed by atoms with Crippen molar-refractivity contribution in [3.05, 3.63) is 70.2 Å². The average Bonchev–Trinajstić information content (AvgIpc) is 2.65. The van der Waals surface area contributed by atoms with Crippen LogP contribution in [0.15, 0.2) is 48.5 Å². The van der Waals surface area contributed by atoms with Crippen LogP contribution in [0, 0.1) is 0 Å². The van der Waals surface area contributed by atoms with Crippen LogP contribution in [0.4, 0.5) is 0 Å². The summed E-state index contributed by atoms with van der Waals surface area (Å²) < 4.78 is 26.4. The van der Waals surface area contributed by atoms with E-state index < -0.39 is 16.1 Å². The Morgan fingerprint density at radius 3 is 2.62 bits per heavy atom. The summed E-state index contributed by atoms with van der Waals surface area (Å²) >= 11 is 5.97. The van der Waals surface area contributed by atoms with Gasteiger partial charge in [0.15, 0.2) is 0 Å². The lowest BCUT2D eigenvalue weighted by atomic mass is 9.95. The van der Waals surface area contributed by atoms with Crippen LogP contribution in [0.1, 0.15) is 23.6 Å². The first kappa shape index (κ1) is 18.9. The van der Waals surface area contributed by atoms with Gasteiger partial charge in [-0.25, -0.2) is 8.42 Å². The van der Waals surface area contributed by atoms with Gasteiger partial charge in [-0.05, 0) is 42.2 Å². The minimum atomic E-state index is -3.50. The Morgan fingerprint density at radius 2 is 1.92 bits per heavy atom. The molecule has 3 rings (SSSR count). The summed E-state index contributed by atoms with van der Waals surface area (Å²) in [5.41, 5.74) is 2.83. The Bertz CT molecular complexity index is 915. The van der Waals surface area contributed by atoms with Crippen LogP contribution in [0.25, 0.3) is 0 Å². The number of carbonyl (C=O) groups is 1. The third-order valence-corrected chi connectivity index (χ3v) is 6.65. The molecule has 1 aliphatic rings. The number of hydrogen-bond acceptors (Lipinski definition) is 3. The number of sulfonamides is 1. The van der Waals surface area contributed by atoms with Gasteiger partial charge in [-0.15, -0.1) is 0 Å². The molecular formula is C19H21ClN2O3S. The van der Waals surface area contributed by atoms with Crippen LogP contribution < -0.4 is 5.32 Å². The molecule has 0 aliphatic carbocycles. The summed E-state index contributed by atoms with van der Waals surface area (Å²) in [5, 5.41) is 3.45. The molecule has 0 spiro atoms. The molecule has 2 aromatic rings. The van der Waals surface area contributed by atoms with E-state index in [4.69, 9.17) is 11.6 Å². The molecular weight excluding hydrogens is 372 g/mol. The molecule has 5 nitrogen and oxygen atoms in total. The van der Waals surface area contributed by atoms with Crippen molar-refractivity contribution < 1.29 is 13.2 Å². The molecule has 26 heavy (non-hydrogen) atoms. The summed E-state index contributed by atoms with van der Waals surface area (Å²) in [7, 11) is -3.50. The fourth-order valence-corrected chi connectivity index (χ4v) is 4.57. The molecule has 1 amide bonds. The zero-order valence-electron chi connectivity index (χ0n) is 14.5. The minimum absolute atomic E-state index is 0.0345. The van der Waals surface area contributed by atoms with Crippen LogP contribution in [0.3, 0.4) is 0 Å². The zero-order chi connectivity index (χ0) is 18.7. The van der Waals surface area contributed by atoms with Gasteiger partial charge in [-0.1, -0.05) is 48.0 Å². The molecule has 0 saturated carbocycles. The number of nitrogens with one attached hydrogen (secondary N) is 1. The van der Waals surface area contributed by atoms with Gasteiger partial charge in [-0.3, -0.25) is 4.79 Å². The molecule has 0 aromatic heterocycles. The second-order valence-corrected chi connectivity index (χ2v) is 8.93. The van der Waals surface area contributed by atoms with E-state index in [0.29, 0.717) is 18.0 Å². The predicted octanol–water partition coefficient (Wildman–Crippen LogP) is 2.73. The number of rotatable bonds is 5. The molecule has 2 aromatic carbocycles. The molecule has 0 saturated heterocycles. The summed E-state index contributed by atoms with van der Waals surface area (Å²) in [5.74, 6) is -0.329. The van der Waals surface area contributed by atoms with Crippen molar-refractivity contribution in [2.75, 3.05) is 5.75 Å². The van der Waals surface area contributed by atoms with Gasteiger partial charge in [0.05, 0.1) is 5.75 Å². The van der Waals surface area contributed by atoms with Crippen molar-refractivity contribution >= 4 is 27.5 Å². The number of hydrogen-bond donors (Lipinski definition) is 1. The molecule has 7 heteroatoms. The number of amides is 1. The van der Waals surface area contributed by atoms with Gasteiger partial charge in [0.2, 0.25) is 15.9 Å². The van der Waals surface area contributed by atoms with Crippen molar-refractivity contribution in [1.29, 1.82) is 0 Å². The molecule has 0 fully saturated rings. The van der Waals surface area contributed by atoms with Crippen LogP contribution in [0.5, 0.6) is 0 Å². The van der Waals surface area contributed by atoms with Gasteiger partial charge in [-0.2, -0.15) is 4.31 Å². The lowest BCUT2D eigenvalue weighted by molar-refractivity contribution is -0.125. The predicted molar refractivity (Wildman–Crippen MR) is 102 cm³/mol. The van der Waals surface area contributed by atoms with E-state index in [1.807, 2.05) is 36.4 Å². The SMILES string of the molecule is CCS(=O)(=O)N1Cc2ccccc2C[C@@H]1C(=O)NCc1cccc(Cl)c1. The van der Waals surface area contributed by atoms with Crippen molar-refractivity contribution in [3.8, 4) is 0 Å². The minimum Gasteiger partial charge on any atom is -0.351 e. The maximum atomic E-state index is 12.8. The van der Waals surface area contributed by atoms with Gasteiger partial charge >= 0.3 is 0 Å². The zero-order valence-corrected chi connectivity index (χ0v) is 16.1. The van der Waals surface area contributed by atoms with Crippen molar-refractivity contribution in [2.24, 2.45) is 0 Å². The lowest BCUT2D eigenvalue weighted by Gasteiger charge is -2.34. The first-order valence-electron chi connectivity index (χ1n) is 8.49. The number of benzene rings is 2. The fourth-order valence-electron chi connectivity index (χ4n) is 3.13. The maximum Gasteiger partial charge on any atom is 0.239 e. The van der Waals surface area contributed by atoms with Crippen LogP contribution in [-0.2, 0) is 34.3 Å².